The van der Waals surface area contributed by atoms with Gasteiger partial charge in [0, 0.05) is 5.69 Å². The number of benzene rings is 2. The number of hydrogen-bond donors (Lipinski definition) is 1. The number of ether oxygens (including phenoxy) is 1. The maximum absolute atomic E-state index is 11.6. The van der Waals surface area contributed by atoms with Gasteiger partial charge in [-0.3, -0.25) is 0 Å². The van der Waals surface area contributed by atoms with Crippen LogP contribution < -0.4 is 5.73 Å². The first-order valence-corrected chi connectivity index (χ1v) is 6.23. The number of hydrogen-bond acceptors (Lipinski definition) is 5. The van der Waals surface area contributed by atoms with Crippen LogP contribution in [0.3, 0.4) is 0 Å². The van der Waals surface area contributed by atoms with E-state index < -0.39 is 0 Å². The van der Waals surface area contributed by atoms with E-state index in [0.717, 1.165) is 0 Å². The Bertz CT molecular complexity index is 639. The van der Waals surface area contributed by atoms with Gasteiger partial charge in [-0.2, -0.15) is 10.2 Å². The van der Waals surface area contributed by atoms with Crippen LogP contribution in [0, 0.1) is 0 Å². The lowest BCUT2D eigenvalue weighted by Gasteiger charge is -2.01. The van der Waals surface area contributed by atoms with Crippen LogP contribution in [-0.2, 0) is 4.74 Å². The zero-order chi connectivity index (χ0) is 14.4. The lowest BCUT2D eigenvalue weighted by molar-refractivity contribution is 0.0526. The van der Waals surface area contributed by atoms with Crippen molar-refractivity contribution < 1.29 is 9.53 Å². The van der Waals surface area contributed by atoms with Gasteiger partial charge in [0.05, 0.1) is 23.5 Å². The summed E-state index contributed by atoms with van der Waals surface area (Å²) in [6, 6.07) is 13.9. The Balaban J connectivity index is 2.17. The summed E-state index contributed by atoms with van der Waals surface area (Å²) in [6.45, 7) is 2.11. The molecule has 0 heterocycles. The molecule has 0 unspecified atom stereocenters. The van der Waals surface area contributed by atoms with E-state index in [1.807, 2.05) is 0 Å². The molecule has 0 atom stereocenters. The zero-order valence-corrected chi connectivity index (χ0v) is 11.1. The van der Waals surface area contributed by atoms with E-state index in [4.69, 9.17) is 10.5 Å². The number of nitrogens with zero attached hydrogens (tertiary/aromatic N) is 2. The fourth-order valence-electron chi connectivity index (χ4n) is 1.61. The topological polar surface area (TPSA) is 77.0 Å². The minimum atomic E-state index is -0.367. The number of nitrogens with two attached hydrogens (primary N) is 1. The van der Waals surface area contributed by atoms with Gasteiger partial charge in [0.15, 0.2) is 0 Å². The van der Waals surface area contributed by atoms with Crippen LogP contribution in [-0.4, -0.2) is 12.6 Å². The van der Waals surface area contributed by atoms with Gasteiger partial charge in [-0.05, 0) is 43.3 Å². The third-order valence-electron chi connectivity index (χ3n) is 2.51. The van der Waals surface area contributed by atoms with Crippen molar-refractivity contribution in [2.45, 2.75) is 6.92 Å². The predicted molar refractivity (Wildman–Crippen MR) is 77.4 cm³/mol. The molecule has 0 aliphatic heterocycles. The van der Waals surface area contributed by atoms with Crippen molar-refractivity contribution in [1.82, 2.24) is 0 Å². The van der Waals surface area contributed by atoms with E-state index >= 15 is 0 Å². The Hall–Kier alpha value is -2.69. The zero-order valence-electron chi connectivity index (χ0n) is 11.1. The maximum atomic E-state index is 11.6. The summed E-state index contributed by atoms with van der Waals surface area (Å²) in [6.07, 6.45) is 0. The largest absolute Gasteiger partial charge is 0.462 e. The highest BCUT2D eigenvalue weighted by Gasteiger charge is 2.06. The van der Waals surface area contributed by atoms with Crippen LogP contribution in [0.15, 0.2) is 58.8 Å². The van der Waals surface area contributed by atoms with Crippen molar-refractivity contribution in [2.24, 2.45) is 10.2 Å². The molecule has 0 bridgehead atoms. The number of rotatable bonds is 4. The van der Waals surface area contributed by atoms with Gasteiger partial charge in [0.1, 0.15) is 0 Å². The molecule has 0 saturated heterocycles. The molecule has 0 aliphatic rings. The van der Waals surface area contributed by atoms with Crippen molar-refractivity contribution in [3.63, 3.8) is 0 Å². The highest BCUT2D eigenvalue weighted by Crippen LogP contribution is 2.21. The van der Waals surface area contributed by atoms with E-state index in [0.29, 0.717) is 29.2 Å². The number of esters is 1. The summed E-state index contributed by atoms with van der Waals surface area (Å²) in [4.78, 5) is 11.6. The number of carbonyl (C=O) groups is 1. The maximum Gasteiger partial charge on any atom is 0.338 e. The SMILES string of the molecule is CCOC(=O)c1cccc(N=Nc2cccc(N)c2)c1. The highest BCUT2D eigenvalue weighted by atomic mass is 16.5. The van der Waals surface area contributed by atoms with E-state index in [1.54, 1.807) is 55.5 Å². The van der Waals surface area contributed by atoms with Gasteiger partial charge in [0.2, 0.25) is 0 Å². The van der Waals surface area contributed by atoms with Gasteiger partial charge in [-0.25, -0.2) is 4.79 Å². The van der Waals surface area contributed by atoms with Crippen LogP contribution in [0.25, 0.3) is 0 Å². The summed E-state index contributed by atoms with van der Waals surface area (Å²) in [5.74, 6) is -0.367. The van der Waals surface area contributed by atoms with Gasteiger partial charge in [0.25, 0.3) is 0 Å². The Morgan fingerprint density at radius 2 is 1.75 bits per heavy atom. The number of carbonyl (C=O) groups excluding carboxylic acids is 1. The minimum Gasteiger partial charge on any atom is -0.462 e. The Morgan fingerprint density at radius 3 is 2.40 bits per heavy atom. The van der Waals surface area contributed by atoms with Crippen molar-refractivity contribution >= 4 is 23.0 Å². The van der Waals surface area contributed by atoms with Gasteiger partial charge in [-0.15, -0.1) is 0 Å². The third-order valence-corrected chi connectivity index (χ3v) is 2.51. The first-order valence-electron chi connectivity index (χ1n) is 6.23. The second-order valence-electron chi connectivity index (χ2n) is 4.07. The van der Waals surface area contributed by atoms with Crippen LogP contribution >= 0.6 is 0 Å². The van der Waals surface area contributed by atoms with Crippen LogP contribution in [0.1, 0.15) is 17.3 Å². The van der Waals surface area contributed by atoms with Crippen molar-refractivity contribution in [1.29, 1.82) is 0 Å². The summed E-state index contributed by atoms with van der Waals surface area (Å²) in [5, 5.41) is 8.16. The van der Waals surface area contributed by atoms with Gasteiger partial charge >= 0.3 is 5.97 Å². The third kappa shape index (κ3) is 3.65. The normalized spacial score (nSPS) is 10.7. The molecule has 0 aliphatic carbocycles. The van der Waals surface area contributed by atoms with Crippen molar-refractivity contribution in [3.8, 4) is 0 Å². The fourth-order valence-corrected chi connectivity index (χ4v) is 1.61. The molecule has 2 rings (SSSR count). The number of nitrogen functional groups attached to an aromatic ring is 1. The average Bonchev–Trinajstić information content (AvgIpc) is 2.46. The van der Waals surface area contributed by atoms with E-state index in [9.17, 15) is 4.79 Å². The molecular formula is C15H15N3O2. The Kier molecular flexibility index (Phi) is 4.44. The first kappa shape index (κ1) is 13.7. The highest BCUT2D eigenvalue weighted by molar-refractivity contribution is 5.90. The molecule has 2 aromatic rings. The molecule has 0 radical (unpaired) electrons. The second-order valence-corrected chi connectivity index (χ2v) is 4.07. The van der Waals surface area contributed by atoms with Gasteiger partial charge in [-0.1, -0.05) is 12.1 Å². The molecule has 5 heteroatoms. The summed E-state index contributed by atoms with van der Waals surface area (Å²) in [5.41, 5.74) is 7.98. The monoisotopic (exact) mass is 269 g/mol. The molecular weight excluding hydrogens is 254 g/mol. The minimum absolute atomic E-state index is 0.341. The van der Waals surface area contributed by atoms with Crippen LogP contribution in [0.2, 0.25) is 0 Å². The van der Waals surface area contributed by atoms with Crippen LogP contribution in [0.5, 0.6) is 0 Å². The Morgan fingerprint density at radius 1 is 1.10 bits per heavy atom. The fraction of sp³-hybridized carbons (Fsp3) is 0.133. The second kappa shape index (κ2) is 6.47. The number of azo groups is 1. The smallest absolute Gasteiger partial charge is 0.338 e. The standard InChI is InChI=1S/C15H15N3O2/c1-2-20-15(19)11-5-3-7-13(9-11)17-18-14-8-4-6-12(16)10-14/h3-10H,2,16H2,1H3. The van der Waals surface area contributed by atoms with Crippen molar-refractivity contribution in [2.75, 3.05) is 12.3 Å². The molecule has 20 heavy (non-hydrogen) atoms. The summed E-state index contributed by atoms with van der Waals surface area (Å²) < 4.78 is 4.93. The summed E-state index contributed by atoms with van der Waals surface area (Å²) >= 11 is 0. The van der Waals surface area contributed by atoms with E-state index in [2.05, 4.69) is 10.2 Å². The van der Waals surface area contributed by atoms with E-state index in [-0.39, 0.29) is 5.97 Å². The first-order chi connectivity index (χ1) is 9.69. The molecule has 5 nitrogen and oxygen atoms in total. The van der Waals surface area contributed by atoms with Crippen molar-refractivity contribution in [3.05, 3.63) is 54.1 Å². The predicted octanol–water partition coefficient (Wildman–Crippen LogP) is 3.86. The molecule has 0 fully saturated rings. The number of anilines is 1. The summed E-state index contributed by atoms with van der Waals surface area (Å²) in [7, 11) is 0. The lowest BCUT2D eigenvalue weighted by Crippen LogP contribution is -2.03. The average molecular weight is 269 g/mol. The lowest BCUT2D eigenvalue weighted by atomic mass is 10.2. The molecule has 0 aromatic heterocycles. The van der Waals surface area contributed by atoms with Crippen LogP contribution in [0.4, 0.5) is 17.1 Å². The molecule has 0 saturated carbocycles. The van der Waals surface area contributed by atoms with E-state index in [1.165, 1.54) is 0 Å². The molecule has 0 amide bonds. The molecule has 2 N–H and O–H groups in total. The molecule has 102 valence electrons. The molecule has 2 aromatic carbocycles. The quantitative estimate of drug-likeness (QED) is 0.520. The Labute approximate surface area is 117 Å². The molecule has 0 spiro atoms. The van der Waals surface area contributed by atoms with Gasteiger partial charge < -0.3 is 10.5 Å².